The van der Waals surface area contributed by atoms with Crippen LogP contribution in [0, 0.1) is 0 Å². The number of hydrogen-bond acceptors (Lipinski definition) is 6. The van der Waals surface area contributed by atoms with Crippen molar-refractivity contribution in [2.75, 3.05) is 44.7 Å². The Kier molecular flexibility index (Phi) is 6.52. The lowest BCUT2D eigenvalue weighted by atomic mass is 10.2. The number of aromatic hydroxyl groups is 1. The minimum absolute atomic E-state index is 0.0163. The molecule has 0 saturated carbocycles. The molecule has 0 spiro atoms. The van der Waals surface area contributed by atoms with E-state index in [-0.39, 0.29) is 15.8 Å². The molecule has 0 radical (unpaired) electrons. The highest BCUT2D eigenvalue weighted by atomic mass is 35.5. The van der Waals surface area contributed by atoms with Crippen LogP contribution in [0.15, 0.2) is 47.5 Å². The van der Waals surface area contributed by atoms with Gasteiger partial charge < -0.3 is 19.3 Å². The average Bonchev–Trinajstić information content (AvgIpc) is 3.07. The van der Waals surface area contributed by atoms with Gasteiger partial charge in [0.05, 0.1) is 17.8 Å². The number of halogens is 1. The second kappa shape index (κ2) is 9.19. The summed E-state index contributed by atoms with van der Waals surface area (Å²) in [5.41, 5.74) is 1.12. The molecular weight excluding hydrogens is 452 g/mol. The minimum atomic E-state index is -3.96. The third-order valence-electron chi connectivity index (χ3n) is 5.89. The minimum Gasteiger partial charge on any atom is -0.495 e. The number of piperazine rings is 1. The van der Waals surface area contributed by atoms with Crippen LogP contribution in [0.4, 0.5) is 5.69 Å². The fourth-order valence-corrected chi connectivity index (χ4v) is 5.32. The highest BCUT2D eigenvalue weighted by molar-refractivity contribution is 7.89. The molecule has 0 unspecified atom stereocenters. The molecule has 1 aromatic heterocycles. The van der Waals surface area contributed by atoms with E-state index in [1.807, 2.05) is 18.2 Å². The van der Waals surface area contributed by atoms with Crippen LogP contribution in [0.2, 0.25) is 5.02 Å². The van der Waals surface area contributed by atoms with Gasteiger partial charge in [0.1, 0.15) is 10.6 Å². The first-order valence-electron chi connectivity index (χ1n) is 10.4. The van der Waals surface area contributed by atoms with Crippen LogP contribution in [0.25, 0.3) is 10.8 Å². The quantitative estimate of drug-likeness (QED) is 0.541. The van der Waals surface area contributed by atoms with Crippen molar-refractivity contribution in [3.63, 3.8) is 0 Å². The summed E-state index contributed by atoms with van der Waals surface area (Å²) < 4.78 is 30.6. The summed E-state index contributed by atoms with van der Waals surface area (Å²) >= 11 is 6.06. The molecule has 2 aromatic carbocycles. The number of primary sulfonamides is 1. The summed E-state index contributed by atoms with van der Waals surface area (Å²) in [5, 5.41) is 16.9. The van der Waals surface area contributed by atoms with Gasteiger partial charge in [-0.05, 0) is 37.2 Å². The van der Waals surface area contributed by atoms with Gasteiger partial charge in [-0.15, -0.1) is 0 Å². The lowest BCUT2D eigenvalue weighted by molar-refractivity contribution is 0.248. The second-order valence-corrected chi connectivity index (χ2v) is 9.85. The van der Waals surface area contributed by atoms with Crippen molar-refractivity contribution in [1.82, 2.24) is 9.47 Å². The number of nitrogens with zero attached hydrogens (tertiary/aromatic N) is 3. The van der Waals surface area contributed by atoms with Crippen LogP contribution in [0.5, 0.6) is 11.6 Å². The molecule has 0 atom stereocenters. The number of rotatable bonds is 7. The van der Waals surface area contributed by atoms with Gasteiger partial charge in [0, 0.05) is 49.7 Å². The van der Waals surface area contributed by atoms with Gasteiger partial charge in [-0.2, -0.15) is 0 Å². The van der Waals surface area contributed by atoms with Crippen molar-refractivity contribution < 1.29 is 18.3 Å². The van der Waals surface area contributed by atoms with E-state index in [0.29, 0.717) is 17.3 Å². The van der Waals surface area contributed by atoms with Crippen molar-refractivity contribution in [2.24, 2.45) is 5.14 Å². The van der Waals surface area contributed by atoms with Crippen molar-refractivity contribution in [2.45, 2.75) is 17.9 Å². The van der Waals surface area contributed by atoms with Crippen molar-refractivity contribution in [3.05, 3.63) is 47.6 Å². The van der Waals surface area contributed by atoms with E-state index >= 15 is 0 Å². The van der Waals surface area contributed by atoms with Gasteiger partial charge in [0.15, 0.2) is 5.88 Å². The van der Waals surface area contributed by atoms with Crippen LogP contribution in [-0.4, -0.2) is 62.8 Å². The van der Waals surface area contributed by atoms with E-state index in [2.05, 4.69) is 15.9 Å². The fraction of sp³-hybridized carbons (Fsp3) is 0.364. The molecule has 1 fully saturated rings. The number of methoxy groups -OCH3 is 1. The molecule has 1 aliphatic heterocycles. The number of hydrogen-bond donors (Lipinski definition) is 2. The van der Waals surface area contributed by atoms with Gasteiger partial charge >= 0.3 is 0 Å². The number of fused-ring (bicyclic) bond motifs is 1. The van der Waals surface area contributed by atoms with Crippen molar-refractivity contribution in [3.8, 4) is 11.6 Å². The first kappa shape index (κ1) is 22.7. The van der Waals surface area contributed by atoms with E-state index < -0.39 is 10.0 Å². The number of sulfonamides is 1. The SMILES string of the molecule is COc1ccccc1N1CCN(CCCn2cc3cc(Cl)c(S(N)(=O)=O)cc3c2O)CC1. The Morgan fingerprint density at radius 2 is 1.84 bits per heavy atom. The number of anilines is 1. The molecule has 8 nitrogen and oxygen atoms in total. The van der Waals surface area contributed by atoms with Crippen molar-refractivity contribution in [1.29, 1.82) is 0 Å². The topological polar surface area (TPSA) is 101 Å². The summed E-state index contributed by atoms with van der Waals surface area (Å²) in [7, 11) is -2.27. The summed E-state index contributed by atoms with van der Waals surface area (Å²) in [6, 6.07) is 10.9. The Morgan fingerprint density at radius 1 is 1.12 bits per heavy atom. The van der Waals surface area contributed by atoms with Gasteiger partial charge in [-0.3, -0.25) is 4.90 Å². The molecular formula is C22H27ClN4O4S. The molecule has 0 amide bonds. The van der Waals surface area contributed by atoms with E-state index in [4.69, 9.17) is 21.5 Å². The number of nitrogens with two attached hydrogens (primary N) is 1. The number of aryl methyl sites for hydroxylation is 1. The smallest absolute Gasteiger partial charge is 0.239 e. The van der Waals surface area contributed by atoms with Crippen molar-refractivity contribution >= 4 is 38.1 Å². The molecule has 10 heteroatoms. The number of aromatic nitrogens is 1. The van der Waals surface area contributed by atoms with E-state index in [9.17, 15) is 13.5 Å². The molecule has 1 saturated heterocycles. The molecule has 4 rings (SSSR count). The highest BCUT2D eigenvalue weighted by Gasteiger charge is 2.20. The third-order valence-corrected chi connectivity index (χ3v) is 7.27. The first-order chi connectivity index (χ1) is 15.3. The third kappa shape index (κ3) is 4.66. The second-order valence-electron chi connectivity index (χ2n) is 7.92. The Labute approximate surface area is 192 Å². The van der Waals surface area contributed by atoms with E-state index in [1.165, 1.54) is 12.1 Å². The Bertz CT molecular complexity index is 1220. The van der Waals surface area contributed by atoms with Gasteiger partial charge in [0.25, 0.3) is 0 Å². The molecule has 172 valence electrons. The summed E-state index contributed by atoms with van der Waals surface area (Å²) in [5.74, 6) is 0.907. The molecule has 3 N–H and O–H groups in total. The molecule has 32 heavy (non-hydrogen) atoms. The van der Waals surface area contributed by atoms with Crippen LogP contribution < -0.4 is 14.8 Å². The molecule has 0 aliphatic carbocycles. The standard InChI is InChI=1S/C22H27ClN4O4S/c1-31-20-6-3-2-5-19(20)26-11-9-25(10-12-26)7-4-8-27-15-16-13-18(23)21(32(24,29)30)14-17(16)22(27)28/h2-3,5-6,13-15,28H,4,7-12H2,1H3,(H2,24,29,30). The zero-order valence-corrected chi connectivity index (χ0v) is 19.4. The normalized spacial score (nSPS) is 15.4. The van der Waals surface area contributed by atoms with Crippen LogP contribution in [0.3, 0.4) is 0 Å². The van der Waals surface area contributed by atoms with Gasteiger partial charge in [-0.1, -0.05) is 23.7 Å². The largest absolute Gasteiger partial charge is 0.495 e. The fourth-order valence-electron chi connectivity index (χ4n) is 4.21. The van der Waals surface area contributed by atoms with E-state index in [1.54, 1.807) is 17.9 Å². The lowest BCUT2D eigenvalue weighted by Crippen LogP contribution is -2.46. The Morgan fingerprint density at radius 3 is 2.53 bits per heavy atom. The Balaban J connectivity index is 1.36. The predicted octanol–water partition coefficient (Wildman–Crippen LogP) is 2.87. The zero-order valence-electron chi connectivity index (χ0n) is 17.9. The Hall–Kier alpha value is -2.46. The van der Waals surface area contributed by atoms with Crippen LogP contribution in [-0.2, 0) is 16.6 Å². The summed E-state index contributed by atoms with van der Waals surface area (Å²) in [4.78, 5) is 4.56. The average molecular weight is 479 g/mol. The maximum absolute atomic E-state index is 11.7. The monoisotopic (exact) mass is 478 g/mol. The molecule has 2 heterocycles. The van der Waals surface area contributed by atoms with Gasteiger partial charge in [0.2, 0.25) is 10.0 Å². The predicted molar refractivity (Wildman–Crippen MR) is 126 cm³/mol. The molecule has 0 bridgehead atoms. The number of benzene rings is 2. The van der Waals surface area contributed by atoms with E-state index in [0.717, 1.165) is 50.6 Å². The molecule has 1 aliphatic rings. The summed E-state index contributed by atoms with van der Waals surface area (Å²) in [6.07, 6.45) is 2.63. The first-order valence-corrected chi connectivity index (χ1v) is 12.3. The highest BCUT2D eigenvalue weighted by Crippen LogP contribution is 2.34. The maximum atomic E-state index is 11.7. The van der Waals surface area contributed by atoms with Gasteiger partial charge in [-0.25, -0.2) is 13.6 Å². The zero-order chi connectivity index (χ0) is 22.9. The van der Waals surface area contributed by atoms with Crippen LogP contribution >= 0.6 is 11.6 Å². The summed E-state index contributed by atoms with van der Waals surface area (Å²) in [6.45, 7) is 5.25. The number of para-hydroxylation sites is 2. The maximum Gasteiger partial charge on any atom is 0.239 e. The number of ether oxygens (including phenoxy) is 1. The van der Waals surface area contributed by atoms with Crippen LogP contribution in [0.1, 0.15) is 6.42 Å². The molecule has 3 aromatic rings. The lowest BCUT2D eigenvalue weighted by Gasteiger charge is -2.36.